The fraction of sp³-hybridized carbons (Fsp3) is 0.458. The molecule has 1 unspecified atom stereocenters. The van der Waals surface area contributed by atoms with Crippen LogP contribution in [-0.2, 0) is 22.5 Å². The topological polar surface area (TPSA) is 51.2 Å². The Morgan fingerprint density at radius 3 is 2.58 bits per heavy atom. The molecule has 1 fully saturated rings. The maximum absolute atomic E-state index is 13.4. The van der Waals surface area contributed by atoms with Gasteiger partial charge in [0.25, 0.3) is 0 Å². The van der Waals surface area contributed by atoms with Crippen LogP contribution < -0.4 is 9.47 Å². The number of hydrogen-bond donors (Lipinski definition) is 0. The van der Waals surface area contributed by atoms with Gasteiger partial charge in [-0.05, 0) is 30.2 Å². The molecular weight excluding hydrogens is 416 g/mol. The van der Waals surface area contributed by atoms with Gasteiger partial charge in [-0.2, -0.15) is 0 Å². The van der Waals surface area contributed by atoms with Gasteiger partial charge in [0.05, 0.1) is 24.7 Å². The number of amides is 1. The Labute approximate surface area is 188 Å². The molecule has 6 nitrogen and oxygen atoms in total. The van der Waals surface area contributed by atoms with Gasteiger partial charge in [-0.1, -0.05) is 41.9 Å². The number of fused-ring (bicyclic) bond motifs is 1. The van der Waals surface area contributed by atoms with Crippen LogP contribution in [0.4, 0.5) is 0 Å². The molecule has 31 heavy (non-hydrogen) atoms. The Morgan fingerprint density at radius 1 is 1.06 bits per heavy atom. The maximum atomic E-state index is 13.4. The number of carbonyl (C=O) groups is 1. The normalized spacial score (nSPS) is 17.2. The predicted octanol–water partition coefficient (Wildman–Crippen LogP) is 3.40. The van der Waals surface area contributed by atoms with Crippen LogP contribution in [0.5, 0.6) is 11.5 Å². The quantitative estimate of drug-likeness (QED) is 0.655. The molecule has 0 aliphatic carbocycles. The fourth-order valence-electron chi connectivity index (χ4n) is 4.07. The summed E-state index contributed by atoms with van der Waals surface area (Å²) in [6, 6.07) is 13.9. The molecule has 0 radical (unpaired) electrons. The largest absolute Gasteiger partial charge is 0.486 e. The Balaban J connectivity index is 1.50. The van der Waals surface area contributed by atoms with Gasteiger partial charge < -0.3 is 19.1 Å². The lowest BCUT2D eigenvalue weighted by atomic mass is 10.1. The van der Waals surface area contributed by atoms with Crippen molar-refractivity contribution in [3.63, 3.8) is 0 Å². The second-order valence-corrected chi connectivity index (χ2v) is 8.46. The number of rotatable bonds is 7. The average Bonchev–Trinajstić information content (AvgIpc) is 2.79. The lowest BCUT2D eigenvalue weighted by Gasteiger charge is -2.35. The highest BCUT2D eigenvalue weighted by Gasteiger charge is 2.25. The van der Waals surface area contributed by atoms with Crippen molar-refractivity contribution in [1.82, 2.24) is 9.80 Å². The minimum absolute atomic E-state index is 0.0670. The summed E-state index contributed by atoms with van der Waals surface area (Å²) in [4.78, 5) is 17.8. The van der Waals surface area contributed by atoms with Crippen molar-refractivity contribution in [3.05, 3.63) is 58.6 Å². The molecule has 2 aromatic carbocycles. The molecule has 1 amide bonds. The number of ether oxygens (including phenoxy) is 3. The van der Waals surface area contributed by atoms with Crippen LogP contribution in [0.2, 0.25) is 5.02 Å². The third kappa shape index (κ3) is 5.70. The molecule has 2 aromatic rings. The highest BCUT2D eigenvalue weighted by molar-refractivity contribution is 6.32. The molecule has 0 aromatic heterocycles. The van der Waals surface area contributed by atoms with E-state index >= 15 is 0 Å². The summed E-state index contributed by atoms with van der Waals surface area (Å²) in [6.07, 6.45) is 0.261. The van der Waals surface area contributed by atoms with Gasteiger partial charge in [0.2, 0.25) is 5.91 Å². The van der Waals surface area contributed by atoms with Gasteiger partial charge in [-0.25, -0.2) is 0 Å². The molecule has 7 heteroatoms. The van der Waals surface area contributed by atoms with Crippen molar-refractivity contribution in [2.24, 2.45) is 0 Å². The molecule has 1 atom stereocenters. The SMILES string of the molecule is CC(CN1CCOCC1)N(Cc1ccccc1)C(=O)Cc1cc(Cl)c2c(c1)OCCO2. The zero-order valence-corrected chi connectivity index (χ0v) is 18.6. The van der Waals surface area contributed by atoms with E-state index in [1.54, 1.807) is 6.07 Å². The summed E-state index contributed by atoms with van der Waals surface area (Å²) in [5, 5.41) is 0.482. The molecular formula is C24H29ClN2O4. The zero-order valence-electron chi connectivity index (χ0n) is 17.9. The number of hydrogen-bond acceptors (Lipinski definition) is 5. The maximum Gasteiger partial charge on any atom is 0.227 e. The standard InChI is InChI=1S/C24H29ClN2O4/c1-18(16-26-7-9-29-10-8-26)27(17-19-5-3-2-4-6-19)23(28)15-20-13-21(25)24-22(14-20)30-11-12-31-24/h2-6,13-14,18H,7-12,15-17H2,1H3. The van der Waals surface area contributed by atoms with Gasteiger partial charge in [0.15, 0.2) is 11.5 Å². The molecule has 2 aliphatic heterocycles. The highest BCUT2D eigenvalue weighted by atomic mass is 35.5. The minimum Gasteiger partial charge on any atom is -0.486 e. The molecule has 0 bridgehead atoms. The smallest absolute Gasteiger partial charge is 0.227 e. The van der Waals surface area contributed by atoms with Crippen LogP contribution in [0.1, 0.15) is 18.1 Å². The molecule has 0 spiro atoms. The fourth-order valence-corrected chi connectivity index (χ4v) is 4.36. The van der Waals surface area contributed by atoms with E-state index in [1.807, 2.05) is 29.2 Å². The van der Waals surface area contributed by atoms with Crippen LogP contribution in [0.15, 0.2) is 42.5 Å². The Kier molecular flexibility index (Phi) is 7.33. The third-order valence-electron chi connectivity index (χ3n) is 5.69. The highest BCUT2D eigenvalue weighted by Crippen LogP contribution is 2.38. The first-order chi connectivity index (χ1) is 15.1. The van der Waals surface area contributed by atoms with E-state index in [1.165, 1.54) is 0 Å². The van der Waals surface area contributed by atoms with Gasteiger partial charge in [0, 0.05) is 32.2 Å². The van der Waals surface area contributed by atoms with Gasteiger partial charge in [-0.15, -0.1) is 0 Å². The van der Waals surface area contributed by atoms with E-state index in [0.717, 1.165) is 44.0 Å². The second kappa shape index (κ2) is 10.4. The van der Waals surface area contributed by atoms with Crippen LogP contribution in [0.25, 0.3) is 0 Å². The summed E-state index contributed by atoms with van der Waals surface area (Å²) in [6.45, 7) is 7.77. The Morgan fingerprint density at radius 2 is 1.81 bits per heavy atom. The summed E-state index contributed by atoms with van der Waals surface area (Å²) in [7, 11) is 0. The van der Waals surface area contributed by atoms with Crippen molar-refractivity contribution >= 4 is 17.5 Å². The summed E-state index contributed by atoms with van der Waals surface area (Å²) < 4.78 is 16.7. The Hall–Kier alpha value is -2.28. The second-order valence-electron chi connectivity index (χ2n) is 8.05. The van der Waals surface area contributed by atoms with E-state index in [4.69, 9.17) is 25.8 Å². The molecule has 0 saturated carbocycles. The minimum atomic E-state index is 0.0670. The van der Waals surface area contributed by atoms with Crippen molar-refractivity contribution < 1.29 is 19.0 Å². The summed E-state index contributed by atoms with van der Waals surface area (Å²) >= 11 is 6.38. The zero-order chi connectivity index (χ0) is 21.6. The van der Waals surface area contributed by atoms with E-state index in [-0.39, 0.29) is 18.4 Å². The summed E-state index contributed by atoms with van der Waals surface area (Å²) in [5.74, 6) is 1.24. The first-order valence-electron chi connectivity index (χ1n) is 10.8. The van der Waals surface area contributed by atoms with Crippen molar-refractivity contribution in [2.75, 3.05) is 46.1 Å². The van der Waals surface area contributed by atoms with E-state index < -0.39 is 0 Å². The first-order valence-corrected chi connectivity index (χ1v) is 11.2. The third-order valence-corrected chi connectivity index (χ3v) is 5.97. The molecule has 1 saturated heterocycles. The molecule has 166 valence electrons. The van der Waals surface area contributed by atoms with Gasteiger partial charge in [-0.3, -0.25) is 9.69 Å². The van der Waals surface area contributed by atoms with Gasteiger partial charge >= 0.3 is 0 Å². The number of halogens is 1. The van der Waals surface area contributed by atoms with E-state index in [2.05, 4.69) is 24.0 Å². The molecule has 2 aliphatic rings. The number of nitrogens with zero attached hydrogens (tertiary/aromatic N) is 2. The number of benzene rings is 2. The van der Waals surface area contributed by atoms with Crippen LogP contribution in [0.3, 0.4) is 0 Å². The predicted molar refractivity (Wildman–Crippen MR) is 120 cm³/mol. The number of morpholine rings is 1. The molecule has 0 N–H and O–H groups in total. The molecule has 2 heterocycles. The molecule has 4 rings (SSSR count). The lowest BCUT2D eigenvalue weighted by molar-refractivity contribution is -0.133. The van der Waals surface area contributed by atoms with Crippen LogP contribution >= 0.6 is 11.6 Å². The lowest BCUT2D eigenvalue weighted by Crippen LogP contribution is -2.48. The van der Waals surface area contributed by atoms with Crippen LogP contribution in [-0.4, -0.2) is 67.8 Å². The summed E-state index contributed by atoms with van der Waals surface area (Å²) in [5.41, 5.74) is 1.95. The average molecular weight is 445 g/mol. The van der Waals surface area contributed by atoms with Crippen molar-refractivity contribution in [3.8, 4) is 11.5 Å². The van der Waals surface area contributed by atoms with Gasteiger partial charge in [0.1, 0.15) is 13.2 Å². The van der Waals surface area contributed by atoms with Crippen molar-refractivity contribution in [1.29, 1.82) is 0 Å². The van der Waals surface area contributed by atoms with Crippen molar-refractivity contribution in [2.45, 2.75) is 25.9 Å². The monoisotopic (exact) mass is 444 g/mol. The number of carbonyl (C=O) groups excluding carboxylic acids is 1. The first kappa shape index (κ1) is 21.9. The van der Waals surface area contributed by atoms with E-state index in [9.17, 15) is 4.79 Å². The van der Waals surface area contributed by atoms with E-state index in [0.29, 0.717) is 36.3 Å². The van der Waals surface area contributed by atoms with Crippen LogP contribution in [0, 0.1) is 0 Å². The Bertz CT molecular complexity index is 887.